The zero-order valence-corrected chi connectivity index (χ0v) is 9.37. The summed E-state index contributed by atoms with van der Waals surface area (Å²) in [7, 11) is 0. The summed E-state index contributed by atoms with van der Waals surface area (Å²) in [4.78, 5) is 11.2. The minimum absolute atomic E-state index is 0.265. The lowest BCUT2D eigenvalue weighted by Crippen LogP contribution is -2.37. The smallest absolute Gasteiger partial charge is 0.314 e. The van der Waals surface area contributed by atoms with Gasteiger partial charge in [0.25, 0.3) is 0 Å². The van der Waals surface area contributed by atoms with Gasteiger partial charge in [0.05, 0.1) is 12.5 Å². The maximum atomic E-state index is 13.2. The Morgan fingerprint density at radius 3 is 2.71 bits per heavy atom. The highest BCUT2D eigenvalue weighted by atomic mass is 19.1. The summed E-state index contributed by atoms with van der Waals surface area (Å²) >= 11 is 0. The van der Waals surface area contributed by atoms with Gasteiger partial charge < -0.3 is 10.6 Å². The van der Waals surface area contributed by atoms with E-state index in [0.29, 0.717) is 25.1 Å². The number of carbonyl (C=O) groups is 1. The normalized spacial score (nSPS) is 9.41. The number of carbonyl (C=O) groups excluding carboxylic acids is 1. The van der Waals surface area contributed by atoms with E-state index >= 15 is 0 Å². The number of benzene rings is 1. The summed E-state index contributed by atoms with van der Waals surface area (Å²) in [5.74, 6) is -0.265. The average Bonchev–Trinajstić information content (AvgIpc) is 2.32. The molecule has 0 heterocycles. The van der Waals surface area contributed by atoms with Gasteiger partial charge in [0.15, 0.2) is 0 Å². The third kappa shape index (κ3) is 4.98. The molecule has 1 aromatic rings. The van der Waals surface area contributed by atoms with E-state index in [1.807, 2.05) is 6.07 Å². The Kier molecular flexibility index (Phi) is 5.52. The lowest BCUT2D eigenvalue weighted by Gasteiger charge is -2.06. The van der Waals surface area contributed by atoms with Gasteiger partial charge in [0.1, 0.15) is 5.82 Å². The number of halogens is 1. The van der Waals surface area contributed by atoms with Crippen LogP contribution in [0.15, 0.2) is 24.3 Å². The maximum Gasteiger partial charge on any atom is 0.314 e. The molecule has 0 fully saturated rings. The van der Waals surface area contributed by atoms with Crippen LogP contribution in [-0.4, -0.2) is 19.1 Å². The molecule has 5 heteroatoms. The van der Waals surface area contributed by atoms with Gasteiger partial charge in [-0.1, -0.05) is 18.2 Å². The van der Waals surface area contributed by atoms with E-state index in [9.17, 15) is 9.18 Å². The zero-order chi connectivity index (χ0) is 12.5. The molecule has 0 aliphatic carbocycles. The van der Waals surface area contributed by atoms with Crippen LogP contribution in [0, 0.1) is 17.1 Å². The van der Waals surface area contributed by atoms with E-state index in [0.717, 1.165) is 0 Å². The molecule has 0 radical (unpaired) electrons. The van der Waals surface area contributed by atoms with Crippen molar-refractivity contribution in [2.24, 2.45) is 0 Å². The van der Waals surface area contributed by atoms with Crippen molar-refractivity contribution in [3.05, 3.63) is 35.6 Å². The van der Waals surface area contributed by atoms with E-state index in [1.54, 1.807) is 18.2 Å². The van der Waals surface area contributed by atoms with Crippen molar-refractivity contribution in [1.29, 1.82) is 5.26 Å². The van der Waals surface area contributed by atoms with Crippen LogP contribution in [0.2, 0.25) is 0 Å². The second-order valence-electron chi connectivity index (χ2n) is 3.43. The van der Waals surface area contributed by atoms with E-state index in [-0.39, 0.29) is 18.3 Å². The molecule has 4 nitrogen and oxygen atoms in total. The Bertz CT molecular complexity index is 414. The highest BCUT2D eigenvalue weighted by Gasteiger charge is 2.02. The predicted octanol–water partition coefficient (Wildman–Crippen LogP) is 1.58. The SMILES string of the molecule is N#CCCNC(=O)NCCc1ccccc1F. The largest absolute Gasteiger partial charge is 0.338 e. The number of nitrogens with one attached hydrogen (secondary N) is 2. The van der Waals surface area contributed by atoms with E-state index < -0.39 is 0 Å². The molecule has 0 aliphatic heterocycles. The number of rotatable bonds is 5. The van der Waals surface area contributed by atoms with Crippen LogP contribution < -0.4 is 10.6 Å². The van der Waals surface area contributed by atoms with Crippen LogP contribution in [-0.2, 0) is 6.42 Å². The number of nitriles is 1. The molecule has 0 saturated heterocycles. The number of urea groups is 1. The molecule has 1 aromatic carbocycles. The van der Waals surface area contributed by atoms with Crippen LogP contribution in [0.4, 0.5) is 9.18 Å². The maximum absolute atomic E-state index is 13.2. The monoisotopic (exact) mass is 235 g/mol. The van der Waals surface area contributed by atoms with Gasteiger partial charge in [0.2, 0.25) is 0 Å². The molecule has 0 aliphatic rings. The van der Waals surface area contributed by atoms with Gasteiger partial charge in [-0.05, 0) is 18.1 Å². The first-order valence-corrected chi connectivity index (χ1v) is 5.36. The molecule has 2 amide bonds. The number of amides is 2. The van der Waals surface area contributed by atoms with Gasteiger partial charge in [-0.25, -0.2) is 9.18 Å². The van der Waals surface area contributed by atoms with Crippen molar-refractivity contribution in [3.8, 4) is 6.07 Å². The van der Waals surface area contributed by atoms with Crippen molar-refractivity contribution in [3.63, 3.8) is 0 Å². The number of hydrogen-bond donors (Lipinski definition) is 2. The molecule has 0 spiro atoms. The summed E-state index contributed by atoms with van der Waals surface area (Å²) in [6.45, 7) is 0.682. The number of nitrogens with zero attached hydrogens (tertiary/aromatic N) is 1. The van der Waals surface area contributed by atoms with E-state index in [4.69, 9.17) is 5.26 Å². The van der Waals surface area contributed by atoms with Crippen molar-refractivity contribution < 1.29 is 9.18 Å². The Balaban J connectivity index is 2.22. The minimum atomic E-state index is -0.336. The fraction of sp³-hybridized carbons (Fsp3) is 0.333. The first kappa shape index (κ1) is 13.0. The molecular weight excluding hydrogens is 221 g/mol. The highest BCUT2D eigenvalue weighted by Crippen LogP contribution is 2.05. The quantitative estimate of drug-likeness (QED) is 0.761. The minimum Gasteiger partial charge on any atom is -0.338 e. The van der Waals surface area contributed by atoms with E-state index in [1.165, 1.54) is 6.07 Å². The Hall–Kier alpha value is -2.09. The van der Waals surface area contributed by atoms with Crippen molar-refractivity contribution in [2.45, 2.75) is 12.8 Å². The second kappa shape index (κ2) is 7.23. The molecule has 0 bridgehead atoms. The topological polar surface area (TPSA) is 64.9 Å². The molecule has 1 rings (SSSR count). The molecule has 2 N–H and O–H groups in total. The lowest BCUT2D eigenvalue weighted by molar-refractivity contribution is 0.241. The summed E-state index contributed by atoms with van der Waals surface area (Å²) in [6, 6.07) is 8.04. The van der Waals surface area contributed by atoms with Crippen LogP contribution in [0.3, 0.4) is 0 Å². The van der Waals surface area contributed by atoms with Crippen LogP contribution in [0.25, 0.3) is 0 Å². The standard InChI is InChI=1S/C12H14FN3O/c13-11-5-2-1-4-10(11)6-9-16-12(17)15-8-3-7-14/h1-2,4-5H,3,6,8-9H2,(H2,15,16,17). The first-order valence-electron chi connectivity index (χ1n) is 5.36. The van der Waals surface area contributed by atoms with E-state index in [2.05, 4.69) is 10.6 Å². The summed E-state index contributed by atoms with van der Waals surface area (Å²) < 4.78 is 13.2. The fourth-order valence-electron chi connectivity index (χ4n) is 1.31. The van der Waals surface area contributed by atoms with Crippen molar-refractivity contribution in [1.82, 2.24) is 10.6 Å². The lowest BCUT2D eigenvalue weighted by atomic mass is 10.1. The molecule has 90 valence electrons. The molecular formula is C12H14FN3O. The number of hydrogen-bond acceptors (Lipinski definition) is 2. The Morgan fingerprint density at radius 1 is 1.29 bits per heavy atom. The molecule has 0 unspecified atom stereocenters. The third-order valence-corrected chi connectivity index (χ3v) is 2.16. The Labute approximate surface area is 99.4 Å². The van der Waals surface area contributed by atoms with Crippen LogP contribution in [0.1, 0.15) is 12.0 Å². The predicted molar refractivity (Wildman–Crippen MR) is 61.7 cm³/mol. The third-order valence-electron chi connectivity index (χ3n) is 2.16. The van der Waals surface area contributed by atoms with Gasteiger partial charge in [-0.2, -0.15) is 5.26 Å². The zero-order valence-electron chi connectivity index (χ0n) is 9.37. The van der Waals surface area contributed by atoms with Gasteiger partial charge in [-0.15, -0.1) is 0 Å². The van der Waals surface area contributed by atoms with Crippen molar-refractivity contribution >= 4 is 6.03 Å². The average molecular weight is 235 g/mol. The molecule has 0 aromatic heterocycles. The summed E-state index contributed by atoms with van der Waals surface area (Å²) in [5, 5.41) is 13.4. The molecule has 0 atom stereocenters. The van der Waals surface area contributed by atoms with Gasteiger partial charge in [-0.3, -0.25) is 0 Å². The summed E-state index contributed by atoms with van der Waals surface area (Å²) in [6.07, 6.45) is 0.721. The molecule has 17 heavy (non-hydrogen) atoms. The van der Waals surface area contributed by atoms with Crippen LogP contribution >= 0.6 is 0 Å². The highest BCUT2D eigenvalue weighted by molar-refractivity contribution is 5.73. The first-order chi connectivity index (χ1) is 8.24. The van der Waals surface area contributed by atoms with Gasteiger partial charge in [0, 0.05) is 13.1 Å². The van der Waals surface area contributed by atoms with Crippen molar-refractivity contribution in [2.75, 3.05) is 13.1 Å². The van der Waals surface area contributed by atoms with Crippen LogP contribution in [0.5, 0.6) is 0 Å². The molecule has 0 saturated carbocycles. The fourth-order valence-corrected chi connectivity index (χ4v) is 1.31. The van der Waals surface area contributed by atoms with Gasteiger partial charge >= 0.3 is 6.03 Å². The second-order valence-corrected chi connectivity index (χ2v) is 3.43. The summed E-state index contributed by atoms with van der Waals surface area (Å²) in [5.41, 5.74) is 0.574. The Morgan fingerprint density at radius 2 is 2.00 bits per heavy atom.